The van der Waals surface area contributed by atoms with Gasteiger partial charge in [0.1, 0.15) is 5.75 Å². The van der Waals surface area contributed by atoms with Crippen LogP contribution in [0.3, 0.4) is 0 Å². The van der Waals surface area contributed by atoms with E-state index in [1.165, 1.54) is 19.1 Å². The summed E-state index contributed by atoms with van der Waals surface area (Å²) in [5.74, 6) is -1.63. The molecule has 21 heavy (non-hydrogen) atoms. The van der Waals surface area contributed by atoms with Crippen LogP contribution in [0.15, 0.2) is 36.4 Å². The second-order valence-electron chi connectivity index (χ2n) is 4.50. The lowest BCUT2D eigenvalue weighted by molar-refractivity contribution is 0.0696. The van der Waals surface area contributed by atoms with E-state index in [9.17, 15) is 14.7 Å². The molecule has 0 amide bonds. The number of hydrogen-bond acceptors (Lipinski definition) is 3. The first-order valence-electron chi connectivity index (χ1n) is 6.20. The van der Waals surface area contributed by atoms with Crippen LogP contribution in [0, 0.1) is 6.92 Å². The minimum Gasteiger partial charge on any atom is -0.497 e. The molecule has 0 aliphatic rings. The largest absolute Gasteiger partial charge is 0.497 e. The molecule has 2 aromatic carbocycles. The van der Waals surface area contributed by atoms with Crippen molar-refractivity contribution in [2.45, 2.75) is 6.92 Å². The van der Waals surface area contributed by atoms with Gasteiger partial charge in [-0.3, -0.25) is 0 Å². The van der Waals surface area contributed by atoms with E-state index in [1.807, 2.05) is 0 Å². The Labute approximate surface area is 121 Å². The third-order valence-electron chi connectivity index (χ3n) is 3.31. The summed E-state index contributed by atoms with van der Waals surface area (Å²) in [6.07, 6.45) is 0. The van der Waals surface area contributed by atoms with Crippen LogP contribution in [-0.4, -0.2) is 29.3 Å². The van der Waals surface area contributed by atoms with Gasteiger partial charge in [0.25, 0.3) is 0 Å². The number of rotatable bonds is 4. The molecule has 0 atom stereocenters. The van der Waals surface area contributed by atoms with Gasteiger partial charge in [-0.15, -0.1) is 0 Å². The van der Waals surface area contributed by atoms with Crippen LogP contribution in [0.5, 0.6) is 5.75 Å². The Hall–Kier alpha value is -2.82. The molecule has 0 unspecified atom stereocenters. The molecule has 2 aromatic rings. The van der Waals surface area contributed by atoms with E-state index in [0.29, 0.717) is 16.9 Å². The van der Waals surface area contributed by atoms with Crippen molar-refractivity contribution >= 4 is 11.9 Å². The summed E-state index contributed by atoms with van der Waals surface area (Å²) in [5, 5.41) is 18.5. The molecule has 0 spiro atoms. The molecule has 0 radical (unpaired) electrons. The maximum absolute atomic E-state index is 11.5. The lowest BCUT2D eigenvalue weighted by Crippen LogP contribution is -2.09. The Balaban J connectivity index is 2.65. The number of ether oxygens (including phenoxy) is 1. The van der Waals surface area contributed by atoms with Gasteiger partial charge < -0.3 is 14.9 Å². The Bertz CT molecular complexity index is 701. The van der Waals surface area contributed by atoms with Gasteiger partial charge in [0.2, 0.25) is 0 Å². The number of hydrogen-bond donors (Lipinski definition) is 2. The van der Waals surface area contributed by atoms with E-state index in [-0.39, 0.29) is 16.7 Å². The van der Waals surface area contributed by atoms with E-state index >= 15 is 0 Å². The van der Waals surface area contributed by atoms with Crippen molar-refractivity contribution in [1.29, 1.82) is 0 Å². The molecule has 0 fully saturated rings. The first-order valence-corrected chi connectivity index (χ1v) is 6.20. The van der Waals surface area contributed by atoms with Gasteiger partial charge in [0.05, 0.1) is 18.2 Å². The summed E-state index contributed by atoms with van der Waals surface area (Å²) < 4.78 is 5.06. The second-order valence-corrected chi connectivity index (χ2v) is 4.50. The van der Waals surface area contributed by atoms with Crippen LogP contribution < -0.4 is 4.74 Å². The van der Waals surface area contributed by atoms with Crippen LogP contribution in [0.4, 0.5) is 0 Å². The van der Waals surface area contributed by atoms with E-state index < -0.39 is 11.9 Å². The molecule has 0 aliphatic carbocycles. The highest BCUT2D eigenvalue weighted by Gasteiger charge is 2.20. The van der Waals surface area contributed by atoms with E-state index in [2.05, 4.69) is 0 Å². The average molecular weight is 286 g/mol. The van der Waals surface area contributed by atoms with Crippen molar-refractivity contribution in [3.05, 3.63) is 53.1 Å². The summed E-state index contributed by atoms with van der Waals surface area (Å²) in [4.78, 5) is 22.6. The van der Waals surface area contributed by atoms with Gasteiger partial charge in [-0.2, -0.15) is 0 Å². The van der Waals surface area contributed by atoms with Crippen molar-refractivity contribution in [3.63, 3.8) is 0 Å². The quantitative estimate of drug-likeness (QED) is 0.902. The summed E-state index contributed by atoms with van der Waals surface area (Å²) in [5.41, 5.74) is 1.40. The third kappa shape index (κ3) is 2.72. The molecule has 5 heteroatoms. The van der Waals surface area contributed by atoms with Crippen LogP contribution in [-0.2, 0) is 0 Å². The highest BCUT2D eigenvalue weighted by Crippen LogP contribution is 2.29. The van der Waals surface area contributed by atoms with Gasteiger partial charge in [-0.05, 0) is 41.8 Å². The molecule has 108 valence electrons. The summed E-state index contributed by atoms with van der Waals surface area (Å²) in [6.45, 7) is 1.50. The molecule has 0 saturated heterocycles. The summed E-state index contributed by atoms with van der Waals surface area (Å²) in [6, 6.07) is 9.86. The van der Waals surface area contributed by atoms with Crippen LogP contribution in [0.25, 0.3) is 11.1 Å². The molecule has 0 aromatic heterocycles. The highest BCUT2D eigenvalue weighted by atomic mass is 16.5. The van der Waals surface area contributed by atoms with Crippen molar-refractivity contribution in [2.75, 3.05) is 7.11 Å². The molecule has 0 saturated carbocycles. The Kier molecular flexibility index (Phi) is 3.93. The first kappa shape index (κ1) is 14.6. The summed E-state index contributed by atoms with van der Waals surface area (Å²) >= 11 is 0. The molecule has 5 nitrogen and oxygen atoms in total. The Morgan fingerprint density at radius 2 is 1.57 bits per heavy atom. The van der Waals surface area contributed by atoms with Gasteiger partial charge in [-0.1, -0.05) is 18.2 Å². The Morgan fingerprint density at radius 1 is 0.952 bits per heavy atom. The molecular formula is C16H14O5. The minimum absolute atomic E-state index is 0.0000619. The minimum atomic E-state index is -1.15. The van der Waals surface area contributed by atoms with Gasteiger partial charge in [-0.25, -0.2) is 9.59 Å². The van der Waals surface area contributed by atoms with Crippen LogP contribution >= 0.6 is 0 Å². The molecule has 2 rings (SSSR count). The van der Waals surface area contributed by atoms with Crippen molar-refractivity contribution in [1.82, 2.24) is 0 Å². The Morgan fingerprint density at radius 3 is 2.05 bits per heavy atom. The van der Waals surface area contributed by atoms with E-state index in [4.69, 9.17) is 9.84 Å². The maximum atomic E-state index is 11.5. The third-order valence-corrected chi connectivity index (χ3v) is 3.31. The predicted molar refractivity (Wildman–Crippen MR) is 77.1 cm³/mol. The molecule has 2 N–H and O–H groups in total. The first-order chi connectivity index (χ1) is 9.95. The zero-order valence-corrected chi connectivity index (χ0v) is 11.6. The molecule has 0 aliphatic heterocycles. The number of methoxy groups -OCH3 is 1. The van der Waals surface area contributed by atoms with Crippen molar-refractivity contribution < 1.29 is 24.5 Å². The monoisotopic (exact) mass is 286 g/mol. The van der Waals surface area contributed by atoms with Gasteiger partial charge >= 0.3 is 11.9 Å². The standard InChI is InChI=1S/C16H14O5/c1-9-12(15(17)18)7-8-13(14(9)16(19)20)10-3-5-11(21-2)6-4-10/h3-8H,1-2H3,(H,17,18)(H,19,20). The zero-order chi connectivity index (χ0) is 15.6. The highest BCUT2D eigenvalue weighted by molar-refractivity contribution is 6.02. The molecule has 0 heterocycles. The molecular weight excluding hydrogens is 272 g/mol. The number of aromatic carboxylic acids is 2. The number of carboxylic acids is 2. The fourth-order valence-corrected chi connectivity index (χ4v) is 2.23. The summed E-state index contributed by atoms with van der Waals surface area (Å²) in [7, 11) is 1.55. The normalized spacial score (nSPS) is 10.2. The number of carbonyl (C=O) groups is 2. The van der Waals surface area contributed by atoms with Gasteiger partial charge in [0, 0.05) is 0 Å². The maximum Gasteiger partial charge on any atom is 0.336 e. The molecule has 0 bridgehead atoms. The number of benzene rings is 2. The van der Waals surface area contributed by atoms with Crippen LogP contribution in [0.2, 0.25) is 0 Å². The topological polar surface area (TPSA) is 83.8 Å². The number of carboxylic acid groups (broad SMARTS) is 2. The van der Waals surface area contributed by atoms with Crippen molar-refractivity contribution in [3.8, 4) is 16.9 Å². The van der Waals surface area contributed by atoms with E-state index in [0.717, 1.165) is 0 Å². The lowest BCUT2D eigenvalue weighted by Gasteiger charge is -2.12. The SMILES string of the molecule is COc1ccc(-c2ccc(C(=O)O)c(C)c2C(=O)O)cc1. The van der Waals surface area contributed by atoms with E-state index in [1.54, 1.807) is 31.4 Å². The predicted octanol–water partition coefficient (Wildman–Crippen LogP) is 3.07. The van der Waals surface area contributed by atoms with Crippen molar-refractivity contribution in [2.24, 2.45) is 0 Å². The second kappa shape index (κ2) is 5.66. The van der Waals surface area contributed by atoms with Crippen LogP contribution in [0.1, 0.15) is 26.3 Å². The smallest absolute Gasteiger partial charge is 0.336 e. The lowest BCUT2D eigenvalue weighted by atomic mass is 9.92. The average Bonchev–Trinajstić information content (AvgIpc) is 2.46. The van der Waals surface area contributed by atoms with Gasteiger partial charge in [0.15, 0.2) is 0 Å². The fraction of sp³-hybridized carbons (Fsp3) is 0.125. The fourth-order valence-electron chi connectivity index (χ4n) is 2.23. The zero-order valence-electron chi connectivity index (χ0n) is 11.6.